The molecular weight excluding hydrogens is 224 g/mol. The maximum Gasteiger partial charge on any atom is 0.251 e. The van der Waals surface area contributed by atoms with Crippen molar-refractivity contribution in [1.29, 1.82) is 0 Å². The second-order valence-electron chi connectivity index (χ2n) is 2.52. The molecule has 62 valence electrons. The summed E-state index contributed by atoms with van der Waals surface area (Å²) in [7, 11) is 0. The average molecular weight is 229 g/mol. The Morgan fingerprint density at radius 1 is 1.58 bits per heavy atom. The van der Waals surface area contributed by atoms with Crippen LogP contribution in [0.15, 0.2) is 21.2 Å². The summed E-state index contributed by atoms with van der Waals surface area (Å²) in [6.45, 7) is 1.87. The number of aromatic nitrogens is 2. The van der Waals surface area contributed by atoms with Gasteiger partial charge >= 0.3 is 0 Å². The molecule has 0 spiro atoms. The van der Waals surface area contributed by atoms with Crippen molar-refractivity contribution in [3.63, 3.8) is 0 Å². The van der Waals surface area contributed by atoms with E-state index in [1.165, 1.54) is 0 Å². The number of rotatable bonds is 0. The van der Waals surface area contributed by atoms with Crippen molar-refractivity contribution >= 4 is 27.0 Å². The average Bonchev–Trinajstić information content (AvgIpc) is 2.33. The topological polar surface area (TPSA) is 53.0 Å². The Balaban J connectivity index is 2.92. The van der Waals surface area contributed by atoms with Gasteiger partial charge in [-0.1, -0.05) is 15.9 Å². The van der Waals surface area contributed by atoms with Crippen LogP contribution in [0, 0.1) is 12.1 Å². The highest BCUT2D eigenvalue weighted by molar-refractivity contribution is 9.10. The quantitative estimate of drug-likeness (QED) is 0.643. The summed E-state index contributed by atoms with van der Waals surface area (Å²) in [5.41, 5.74) is 1.97. The van der Waals surface area contributed by atoms with E-state index in [0.717, 1.165) is 10.0 Å². The summed E-state index contributed by atoms with van der Waals surface area (Å²) in [6.07, 6.45) is 0. The van der Waals surface area contributed by atoms with Gasteiger partial charge in [0.05, 0.1) is 0 Å². The first-order chi connectivity index (χ1) is 5.68. The highest BCUT2D eigenvalue weighted by Crippen LogP contribution is 2.19. The predicted octanol–water partition coefficient (Wildman–Crippen LogP) is 1.53. The first kappa shape index (κ1) is 7.54. The molecular formula is C7H5BrN2O2. The van der Waals surface area contributed by atoms with Crippen LogP contribution in [-0.2, 0) is 0 Å². The van der Waals surface area contributed by atoms with Gasteiger partial charge in [-0.2, -0.15) is 0 Å². The number of benzene rings is 1. The van der Waals surface area contributed by atoms with Crippen LogP contribution in [-0.4, -0.2) is 5.16 Å². The van der Waals surface area contributed by atoms with Gasteiger partial charge in [0.15, 0.2) is 0 Å². The van der Waals surface area contributed by atoms with Crippen molar-refractivity contribution in [2.45, 2.75) is 6.92 Å². The van der Waals surface area contributed by atoms with Crippen molar-refractivity contribution < 1.29 is 9.53 Å². The standard InChI is InChI=1S/C7H5BrN2O2/c1-4-2-5(8)3-6-7(4)9-12-10(6)11/h2-3H,1H3. The molecule has 0 atom stereocenters. The van der Waals surface area contributed by atoms with Crippen LogP contribution in [0.2, 0.25) is 0 Å². The Hall–Kier alpha value is -1.10. The van der Waals surface area contributed by atoms with E-state index in [1.54, 1.807) is 6.07 Å². The zero-order valence-corrected chi connectivity index (χ0v) is 7.83. The molecule has 0 unspecified atom stereocenters. The van der Waals surface area contributed by atoms with E-state index in [1.807, 2.05) is 13.0 Å². The predicted molar refractivity (Wildman–Crippen MR) is 45.4 cm³/mol. The Bertz CT molecular complexity index is 438. The van der Waals surface area contributed by atoms with Gasteiger partial charge in [0.1, 0.15) is 0 Å². The molecule has 0 fully saturated rings. The summed E-state index contributed by atoms with van der Waals surface area (Å²) >= 11 is 3.28. The SMILES string of the molecule is Cc1cc(Br)cc2c1no[n+]2[O-]. The van der Waals surface area contributed by atoms with E-state index in [2.05, 4.69) is 25.7 Å². The molecule has 0 radical (unpaired) electrons. The third kappa shape index (κ3) is 0.972. The lowest BCUT2D eigenvalue weighted by molar-refractivity contribution is -0.782. The van der Waals surface area contributed by atoms with Crippen molar-refractivity contribution in [2.24, 2.45) is 0 Å². The van der Waals surface area contributed by atoms with E-state index in [-0.39, 0.29) is 0 Å². The number of fused-ring (bicyclic) bond motifs is 1. The van der Waals surface area contributed by atoms with Crippen LogP contribution in [0.25, 0.3) is 11.0 Å². The van der Waals surface area contributed by atoms with Crippen molar-refractivity contribution in [3.8, 4) is 0 Å². The van der Waals surface area contributed by atoms with Crippen LogP contribution in [0.3, 0.4) is 0 Å². The second-order valence-corrected chi connectivity index (χ2v) is 3.44. The van der Waals surface area contributed by atoms with Crippen LogP contribution in [0.4, 0.5) is 0 Å². The summed E-state index contributed by atoms with van der Waals surface area (Å²) in [4.78, 5) is 0.396. The number of halogens is 1. The molecule has 1 heterocycles. The molecule has 0 N–H and O–H groups in total. The van der Waals surface area contributed by atoms with Crippen molar-refractivity contribution in [1.82, 2.24) is 5.16 Å². The van der Waals surface area contributed by atoms with Gasteiger partial charge in [-0.05, 0) is 17.9 Å². The molecule has 0 aliphatic carbocycles. The van der Waals surface area contributed by atoms with E-state index >= 15 is 0 Å². The lowest BCUT2D eigenvalue weighted by Gasteiger charge is -1.91. The second kappa shape index (κ2) is 2.45. The highest BCUT2D eigenvalue weighted by Gasteiger charge is 2.12. The number of hydrogen-bond acceptors (Lipinski definition) is 3. The fourth-order valence-corrected chi connectivity index (χ4v) is 1.66. The normalized spacial score (nSPS) is 10.8. The van der Waals surface area contributed by atoms with Crippen LogP contribution in [0.1, 0.15) is 5.56 Å². The van der Waals surface area contributed by atoms with Crippen LogP contribution >= 0.6 is 15.9 Å². The highest BCUT2D eigenvalue weighted by atomic mass is 79.9. The van der Waals surface area contributed by atoms with E-state index in [9.17, 15) is 5.21 Å². The summed E-state index contributed by atoms with van der Waals surface area (Å²) in [6, 6.07) is 3.55. The van der Waals surface area contributed by atoms with Gasteiger partial charge < -0.3 is 5.21 Å². The van der Waals surface area contributed by atoms with Gasteiger partial charge in [-0.3, -0.25) is 4.63 Å². The Kier molecular flexibility index (Phi) is 1.54. The van der Waals surface area contributed by atoms with Gasteiger partial charge in [-0.15, -0.1) is 0 Å². The molecule has 0 bridgehead atoms. The lowest BCUT2D eigenvalue weighted by Crippen LogP contribution is -2.22. The number of hydrogen-bond donors (Lipinski definition) is 0. The molecule has 4 nitrogen and oxygen atoms in total. The summed E-state index contributed by atoms with van der Waals surface area (Å²) in [5, 5.41) is 14.6. The van der Waals surface area contributed by atoms with Crippen LogP contribution in [0.5, 0.6) is 0 Å². The number of aryl methyl sites for hydroxylation is 1. The largest absolute Gasteiger partial charge is 0.359 e. The molecule has 1 aromatic carbocycles. The van der Waals surface area contributed by atoms with Gasteiger partial charge in [0.25, 0.3) is 5.52 Å². The monoisotopic (exact) mass is 228 g/mol. The zero-order valence-electron chi connectivity index (χ0n) is 6.24. The Morgan fingerprint density at radius 2 is 2.33 bits per heavy atom. The molecule has 2 rings (SSSR count). The first-order valence-corrected chi connectivity index (χ1v) is 4.13. The van der Waals surface area contributed by atoms with Gasteiger partial charge in [0.2, 0.25) is 5.52 Å². The third-order valence-corrected chi connectivity index (χ3v) is 2.11. The Labute approximate surface area is 76.4 Å². The molecule has 0 aliphatic rings. The molecule has 0 saturated heterocycles. The minimum absolute atomic E-state index is 0.396. The smallest absolute Gasteiger partial charge is 0.251 e. The van der Waals surface area contributed by atoms with E-state index in [4.69, 9.17) is 0 Å². The van der Waals surface area contributed by atoms with E-state index < -0.39 is 0 Å². The maximum atomic E-state index is 10.9. The fraction of sp³-hybridized carbons (Fsp3) is 0.143. The van der Waals surface area contributed by atoms with Crippen molar-refractivity contribution in [2.75, 3.05) is 0 Å². The Morgan fingerprint density at radius 3 is 3.08 bits per heavy atom. The molecule has 0 saturated carbocycles. The summed E-state index contributed by atoms with van der Waals surface area (Å²) in [5.74, 6) is 0. The molecule has 2 aromatic rings. The van der Waals surface area contributed by atoms with Gasteiger partial charge in [-0.25, -0.2) is 0 Å². The number of nitrogens with zero attached hydrogens (tertiary/aromatic N) is 2. The maximum absolute atomic E-state index is 10.9. The summed E-state index contributed by atoms with van der Waals surface area (Å²) < 4.78 is 5.29. The van der Waals surface area contributed by atoms with Gasteiger partial charge in [0, 0.05) is 21.3 Å². The lowest BCUT2D eigenvalue weighted by atomic mass is 10.2. The third-order valence-electron chi connectivity index (χ3n) is 1.65. The fourth-order valence-electron chi connectivity index (χ4n) is 1.10. The molecule has 0 amide bonds. The van der Waals surface area contributed by atoms with Crippen LogP contribution < -0.4 is 4.90 Å². The van der Waals surface area contributed by atoms with Crippen molar-refractivity contribution in [3.05, 3.63) is 27.4 Å². The molecule has 0 aliphatic heterocycles. The molecule has 1 aromatic heterocycles. The van der Waals surface area contributed by atoms with E-state index in [0.29, 0.717) is 15.9 Å². The minimum Gasteiger partial charge on any atom is -0.359 e. The minimum atomic E-state index is 0.396. The zero-order chi connectivity index (χ0) is 8.72. The molecule has 5 heteroatoms. The first-order valence-electron chi connectivity index (χ1n) is 3.34. The molecule has 12 heavy (non-hydrogen) atoms.